The van der Waals surface area contributed by atoms with E-state index in [1.165, 1.54) is 5.06 Å². The van der Waals surface area contributed by atoms with E-state index in [9.17, 15) is 10.4 Å². The maximum Gasteiger partial charge on any atom is 0.122 e. The van der Waals surface area contributed by atoms with Gasteiger partial charge in [-0.05, 0) is 7.05 Å². The summed E-state index contributed by atoms with van der Waals surface area (Å²) in [7, 11) is 2.10. The Kier molecular flexibility index (Phi) is 3.27. The molecule has 15 heavy (non-hydrogen) atoms. The summed E-state index contributed by atoms with van der Waals surface area (Å²) >= 11 is 0. The van der Waals surface area contributed by atoms with E-state index in [0.29, 0.717) is 19.1 Å². The molecule has 0 aliphatic carbocycles. The van der Waals surface area contributed by atoms with Crippen molar-refractivity contribution in [3.05, 3.63) is 0 Å². The highest BCUT2D eigenvalue weighted by atomic mass is 16.5. The van der Waals surface area contributed by atoms with E-state index >= 15 is 0 Å². The monoisotopic (exact) mass is 216 g/mol. The molecule has 0 unspecified atom stereocenters. The molecular formula is C10H22N3O2+. The minimum atomic E-state index is 0.220. The summed E-state index contributed by atoms with van der Waals surface area (Å²) in [5.41, 5.74) is 0. The molecule has 0 saturated carbocycles. The van der Waals surface area contributed by atoms with Gasteiger partial charge in [0, 0.05) is 25.9 Å². The van der Waals surface area contributed by atoms with Crippen molar-refractivity contribution >= 4 is 0 Å². The Morgan fingerprint density at radius 1 is 1.07 bits per heavy atom. The molecule has 5 nitrogen and oxygen atoms in total. The normalized spacial score (nSPS) is 30.6. The highest BCUT2D eigenvalue weighted by molar-refractivity contribution is 4.70. The summed E-state index contributed by atoms with van der Waals surface area (Å²) in [5.74, 6) is 0. The second-order valence-electron chi connectivity index (χ2n) is 4.92. The molecule has 0 aromatic rings. The van der Waals surface area contributed by atoms with Crippen molar-refractivity contribution in [2.75, 3.05) is 46.3 Å². The first-order chi connectivity index (χ1) is 7.10. The van der Waals surface area contributed by atoms with Gasteiger partial charge in [-0.1, -0.05) is 0 Å². The van der Waals surface area contributed by atoms with Crippen molar-refractivity contribution in [2.24, 2.45) is 0 Å². The topological polar surface area (TPSA) is 46.9 Å². The van der Waals surface area contributed by atoms with E-state index in [1.54, 1.807) is 0 Å². The Balaban J connectivity index is 1.91. The van der Waals surface area contributed by atoms with Crippen molar-refractivity contribution in [1.82, 2.24) is 9.96 Å². The van der Waals surface area contributed by atoms with Crippen LogP contribution in [-0.2, 0) is 0 Å². The molecule has 2 aliphatic rings. The molecule has 2 aliphatic heterocycles. The van der Waals surface area contributed by atoms with Crippen molar-refractivity contribution in [1.29, 1.82) is 0 Å². The first kappa shape index (κ1) is 11.3. The van der Waals surface area contributed by atoms with Crippen LogP contribution in [0.1, 0.15) is 12.8 Å². The number of piperidine rings is 1. The third kappa shape index (κ3) is 2.49. The Morgan fingerprint density at radius 3 is 2.13 bits per heavy atom. The van der Waals surface area contributed by atoms with Crippen LogP contribution in [0, 0.1) is 0 Å². The lowest BCUT2D eigenvalue weighted by atomic mass is 10.0. The highest BCUT2D eigenvalue weighted by Gasteiger charge is 2.40. The number of hydroxylamine groups is 5. The van der Waals surface area contributed by atoms with Crippen LogP contribution in [0.15, 0.2) is 0 Å². The van der Waals surface area contributed by atoms with E-state index < -0.39 is 0 Å². The van der Waals surface area contributed by atoms with Crippen LogP contribution >= 0.6 is 0 Å². The number of piperazine rings is 1. The Bertz CT molecular complexity index is 209. The molecule has 0 aromatic heterocycles. The van der Waals surface area contributed by atoms with Gasteiger partial charge in [0.1, 0.15) is 19.1 Å². The zero-order valence-electron chi connectivity index (χ0n) is 9.47. The first-order valence-corrected chi connectivity index (χ1v) is 5.82. The zero-order chi connectivity index (χ0) is 10.9. The van der Waals surface area contributed by atoms with Gasteiger partial charge in [-0.2, -0.15) is 9.71 Å². The molecule has 2 fully saturated rings. The number of quaternary nitrogens is 1. The molecular weight excluding hydrogens is 194 g/mol. The van der Waals surface area contributed by atoms with Crippen molar-refractivity contribution in [3.8, 4) is 0 Å². The number of rotatable bonds is 1. The number of nitrogens with zero attached hydrogens (tertiary/aromatic N) is 3. The Hall–Kier alpha value is -0.200. The van der Waals surface area contributed by atoms with Gasteiger partial charge in [0.05, 0.1) is 13.1 Å². The molecule has 2 saturated heterocycles. The molecule has 0 amide bonds. The van der Waals surface area contributed by atoms with E-state index in [-0.39, 0.29) is 4.65 Å². The predicted molar refractivity (Wildman–Crippen MR) is 55.7 cm³/mol. The summed E-state index contributed by atoms with van der Waals surface area (Å²) < 4.78 is 0.220. The molecule has 0 aromatic carbocycles. The molecule has 0 atom stereocenters. The number of hydrogen-bond donors (Lipinski definition) is 2. The first-order valence-electron chi connectivity index (χ1n) is 5.82. The number of likely N-dealkylation sites (N-methyl/N-ethyl adjacent to an activating group) is 1. The molecule has 0 spiro atoms. The highest BCUT2D eigenvalue weighted by Crippen LogP contribution is 2.23. The molecule has 0 radical (unpaired) electrons. The second-order valence-corrected chi connectivity index (χ2v) is 4.92. The molecule has 2 rings (SSSR count). The van der Waals surface area contributed by atoms with Gasteiger partial charge in [0.2, 0.25) is 0 Å². The Labute approximate surface area is 91.0 Å². The smallest absolute Gasteiger partial charge is 0.122 e. The minimum Gasteiger partial charge on any atom is -0.314 e. The van der Waals surface area contributed by atoms with E-state index in [1.807, 2.05) is 0 Å². The quantitative estimate of drug-likeness (QED) is 0.605. The van der Waals surface area contributed by atoms with Gasteiger partial charge in [0.15, 0.2) is 0 Å². The molecule has 5 heteroatoms. The molecule has 0 bridgehead atoms. The van der Waals surface area contributed by atoms with Gasteiger partial charge in [-0.3, -0.25) is 4.90 Å². The fraction of sp³-hybridized carbons (Fsp3) is 1.00. The van der Waals surface area contributed by atoms with Crippen LogP contribution in [0.5, 0.6) is 0 Å². The lowest BCUT2D eigenvalue weighted by Gasteiger charge is -2.44. The SMILES string of the molecule is CN1CC[N+](O)(C2CCN(O)CC2)CC1. The van der Waals surface area contributed by atoms with Crippen molar-refractivity contribution in [3.63, 3.8) is 0 Å². The Morgan fingerprint density at radius 2 is 1.60 bits per heavy atom. The molecule has 88 valence electrons. The molecule has 2 heterocycles. The minimum absolute atomic E-state index is 0.220. The lowest BCUT2D eigenvalue weighted by molar-refractivity contribution is -1.12. The van der Waals surface area contributed by atoms with Crippen LogP contribution in [0.4, 0.5) is 0 Å². The zero-order valence-corrected chi connectivity index (χ0v) is 9.47. The van der Waals surface area contributed by atoms with Crippen LogP contribution in [-0.4, -0.2) is 77.4 Å². The summed E-state index contributed by atoms with van der Waals surface area (Å²) in [4.78, 5) is 2.26. The van der Waals surface area contributed by atoms with E-state index in [4.69, 9.17) is 0 Å². The second kappa shape index (κ2) is 4.35. The predicted octanol–water partition coefficient (Wildman–Crippen LogP) is -0.00860. The van der Waals surface area contributed by atoms with Crippen LogP contribution in [0.25, 0.3) is 0 Å². The van der Waals surface area contributed by atoms with Gasteiger partial charge < -0.3 is 5.21 Å². The average Bonchev–Trinajstić information content (AvgIpc) is 2.24. The maximum atomic E-state index is 10.5. The fourth-order valence-corrected chi connectivity index (χ4v) is 2.61. The average molecular weight is 216 g/mol. The standard InChI is InChI=1S/C10H22N3O2/c1-11-6-8-13(15,9-7-11)10-2-4-12(14)5-3-10/h10,14-15H,2-9H2,1H3/q+1. The van der Waals surface area contributed by atoms with Crippen LogP contribution in [0.3, 0.4) is 0 Å². The third-order valence-corrected chi connectivity index (χ3v) is 3.86. The van der Waals surface area contributed by atoms with Crippen molar-refractivity contribution in [2.45, 2.75) is 18.9 Å². The van der Waals surface area contributed by atoms with Gasteiger partial charge in [-0.25, -0.2) is 5.21 Å². The van der Waals surface area contributed by atoms with Crippen molar-refractivity contribution < 1.29 is 15.1 Å². The van der Waals surface area contributed by atoms with Gasteiger partial charge in [0.25, 0.3) is 0 Å². The summed E-state index contributed by atoms with van der Waals surface area (Å²) in [6.07, 6.45) is 1.80. The third-order valence-electron chi connectivity index (χ3n) is 3.86. The van der Waals surface area contributed by atoms with E-state index in [0.717, 1.165) is 39.0 Å². The van der Waals surface area contributed by atoms with E-state index in [2.05, 4.69) is 11.9 Å². The summed E-state index contributed by atoms with van der Waals surface area (Å²) in [6, 6.07) is 0.321. The molecule has 2 N–H and O–H groups in total. The fourth-order valence-electron chi connectivity index (χ4n) is 2.61. The van der Waals surface area contributed by atoms with Crippen LogP contribution in [0.2, 0.25) is 0 Å². The van der Waals surface area contributed by atoms with Gasteiger partial charge >= 0.3 is 0 Å². The summed E-state index contributed by atoms with van der Waals surface area (Å²) in [6.45, 7) is 4.98. The number of hydrogen-bond acceptors (Lipinski definition) is 4. The summed E-state index contributed by atoms with van der Waals surface area (Å²) in [5, 5.41) is 21.2. The largest absolute Gasteiger partial charge is 0.314 e. The maximum absolute atomic E-state index is 10.5. The lowest BCUT2D eigenvalue weighted by Crippen LogP contribution is -2.63. The van der Waals surface area contributed by atoms with Crippen LogP contribution < -0.4 is 0 Å². The van der Waals surface area contributed by atoms with Gasteiger partial charge in [-0.15, -0.1) is 0 Å².